The van der Waals surface area contributed by atoms with Gasteiger partial charge in [0.05, 0.1) is 49.3 Å². The maximum Gasteiger partial charge on any atom is 0.399 e. The van der Waals surface area contributed by atoms with Crippen molar-refractivity contribution in [1.29, 1.82) is 0 Å². The Morgan fingerprint density at radius 1 is 0.364 bits per heavy atom. The third-order valence-electron chi connectivity index (χ3n) is 14.0. The van der Waals surface area contributed by atoms with Gasteiger partial charge in [-0.1, -0.05) is 51.4 Å². The minimum Gasteiger partial charge on any atom is -0.544 e. The molecule has 10 N–H and O–H groups in total. The summed E-state index contributed by atoms with van der Waals surface area (Å²) in [6.07, 6.45) is 25.6. The van der Waals surface area contributed by atoms with Crippen molar-refractivity contribution in [2.45, 2.75) is 152 Å². The van der Waals surface area contributed by atoms with E-state index in [0.717, 1.165) is 64.0 Å². The average Bonchev–Trinajstić information content (AvgIpc) is 3.81. The zero-order valence-electron chi connectivity index (χ0n) is 27.2. The van der Waals surface area contributed by atoms with Gasteiger partial charge >= 0.3 is 16.6 Å². The van der Waals surface area contributed by atoms with Crippen LogP contribution in [0.2, 0.25) is 0 Å². The normalized spacial score (nSPS) is 53.3. The molecule has 9 aliphatic rings. The van der Waals surface area contributed by atoms with Gasteiger partial charge in [0.2, 0.25) is 9.92 Å². The first-order valence-electron chi connectivity index (χ1n) is 19.0. The predicted octanol–water partition coefficient (Wildman–Crippen LogP) is 0.114. The SMILES string of the molecule is C1CCC2C3NC(NC4NC(NC5NC(NC6NC(N3)C3CCCCC63)C3CCCCC53)C3CCCCC43)C2C1.N[SiH2][O][AlH2]. The highest BCUT2D eigenvalue weighted by Crippen LogP contribution is 2.45. The van der Waals surface area contributed by atoms with Gasteiger partial charge in [0, 0.05) is 0 Å². The summed E-state index contributed by atoms with van der Waals surface area (Å²) in [5, 5.41) is 38.8. The van der Waals surface area contributed by atoms with Crippen molar-refractivity contribution < 1.29 is 3.48 Å². The number of fused-ring (bicyclic) bond motifs is 20. The smallest absolute Gasteiger partial charge is 0.399 e. The molecule has 8 atom stereocenters. The lowest BCUT2D eigenvalue weighted by Gasteiger charge is -2.35. The van der Waals surface area contributed by atoms with Gasteiger partial charge in [0.15, 0.2) is 0 Å². The summed E-state index contributed by atoms with van der Waals surface area (Å²) in [5.41, 5.74) is 0. The van der Waals surface area contributed by atoms with Crippen LogP contribution < -0.4 is 47.9 Å². The second-order valence-electron chi connectivity index (χ2n) is 16.1. The maximum absolute atomic E-state index is 4.98. The van der Waals surface area contributed by atoms with E-state index in [2.05, 4.69) is 46.0 Å². The van der Waals surface area contributed by atoms with Gasteiger partial charge in [0.25, 0.3) is 0 Å². The fourth-order valence-corrected chi connectivity index (χ4v) is 12.0. The minimum absolute atomic E-state index is 0.420. The van der Waals surface area contributed by atoms with E-state index in [1.54, 1.807) is 0 Å². The highest BCUT2D eigenvalue weighted by Gasteiger charge is 2.54. The van der Waals surface area contributed by atoms with Gasteiger partial charge in [-0.05, 0) is 98.7 Å². The first kappa shape index (κ1) is 31.6. The summed E-state index contributed by atoms with van der Waals surface area (Å²) >= 11 is 0.826. The van der Waals surface area contributed by atoms with Crippen LogP contribution in [0.15, 0.2) is 0 Å². The lowest BCUT2D eigenvalue weighted by Crippen LogP contribution is -2.61. The lowest BCUT2D eigenvalue weighted by atomic mass is 9.76. The van der Waals surface area contributed by atoms with Crippen molar-refractivity contribution in [2.75, 3.05) is 0 Å². The molecule has 9 fully saturated rings. The average molecular weight is 644 g/mol. The first-order valence-corrected chi connectivity index (χ1v) is 21.2. The summed E-state index contributed by atoms with van der Waals surface area (Å²) in [7, 11) is -0.514. The Morgan fingerprint density at radius 3 is 0.614 bits per heavy atom. The molecule has 0 aromatic carbocycles. The molecule has 4 saturated carbocycles. The summed E-state index contributed by atoms with van der Waals surface area (Å²) in [6.45, 7) is 0. The number of hydrogen-bond donors (Lipinski definition) is 9. The summed E-state index contributed by atoms with van der Waals surface area (Å²) < 4.78 is 4.60. The molecule has 5 heterocycles. The molecule has 248 valence electrons. The molecule has 10 nitrogen and oxygen atoms in total. The Hall–Kier alpha value is 0.349. The zero-order chi connectivity index (χ0) is 29.6. The Balaban J connectivity index is 0.000000684. The molecular formula is C32H62AlN9OSi. The Kier molecular flexibility index (Phi) is 10.1. The zero-order valence-corrected chi connectivity index (χ0v) is 30.7. The van der Waals surface area contributed by atoms with Crippen LogP contribution in [0, 0.1) is 47.3 Å². The standard InChI is InChI=1S/C32H56N8.Al.H4NOSi.2H/c1-2-10-18-17(9-1)25-33-26(18)38-28-21-13-5-6-14-22(21)30(35-28)40-32-24-16-8-7-15-23(24)31(36-32)39-29-20-12-4-3-11-19(20)27(34-29)37-25;;1-3-2;;/h17-40H,1-16H2;;1,3H2;;/q;+1;-1;;. The third kappa shape index (κ3) is 6.06. The van der Waals surface area contributed by atoms with E-state index in [9.17, 15) is 0 Å². The van der Waals surface area contributed by atoms with Crippen molar-refractivity contribution in [2.24, 2.45) is 52.7 Å². The van der Waals surface area contributed by atoms with E-state index < -0.39 is 9.92 Å². The van der Waals surface area contributed by atoms with Crippen LogP contribution in [0.5, 0.6) is 0 Å². The summed E-state index contributed by atoms with van der Waals surface area (Å²) in [4.78, 5) is 0. The lowest BCUT2D eigenvalue weighted by molar-refractivity contribution is 0.167. The van der Waals surface area contributed by atoms with Crippen molar-refractivity contribution in [3.8, 4) is 0 Å². The molecule has 0 amide bonds. The molecule has 44 heavy (non-hydrogen) atoms. The Morgan fingerprint density at radius 2 is 0.500 bits per heavy atom. The number of nitrogens with one attached hydrogen (secondary N) is 8. The summed E-state index contributed by atoms with van der Waals surface area (Å²) in [6, 6.07) is 0. The van der Waals surface area contributed by atoms with Gasteiger partial charge in [-0.15, -0.1) is 0 Å². The Bertz CT molecular complexity index is 761. The highest BCUT2D eigenvalue weighted by molar-refractivity contribution is 6.30. The van der Waals surface area contributed by atoms with Gasteiger partial charge < -0.3 is 8.88 Å². The van der Waals surface area contributed by atoms with Gasteiger partial charge in [-0.25, -0.2) is 0 Å². The largest absolute Gasteiger partial charge is 0.544 e. The second-order valence-corrected chi connectivity index (χ2v) is 18.7. The van der Waals surface area contributed by atoms with E-state index in [1.807, 2.05) is 0 Å². The molecule has 0 spiro atoms. The molecule has 0 radical (unpaired) electrons. The van der Waals surface area contributed by atoms with Crippen LogP contribution >= 0.6 is 0 Å². The second kappa shape index (κ2) is 14.1. The molecule has 12 heteroatoms. The van der Waals surface area contributed by atoms with E-state index in [4.69, 9.17) is 5.40 Å². The van der Waals surface area contributed by atoms with Crippen LogP contribution in [-0.2, 0) is 3.48 Å². The van der Waals surface area contributed by atoms with Crippen molar-refractivity contribution in [1.82, 2.24) is 42.5 Å². The van der Waals surface area contributed by atoms with Crippen LogP contribution in [0.3, 0.4) is 0 Å². The highest BCUT2D eigenvalue weighted by atomic mass is 28.2. The summed E-state index contributed by atoms with van der Waals surface area (Å²) in [5.74, 6) is 5.97. The molecule has 8 bridgehead atoms. The molecule has 0 aromatic rings. The van der Waals surface area contributed by atoms with E-state index in [1.165, 1.54) is 103 Å². The maximum atomic E-state index is 4.98. The predicted molar refractivity (Wildman–Crippen MR) is 180 cm³/mol. The van der Waals surface area contributed by atoms with E-state index in [0.29, 0.717) is 49.3 Å². The van der Waals surface area contributed by atoms with Crippen LogP contribution in [-0.4, -0.2) is 75.9 Å². The van der Waals surface area contributed by atoms with Gasteiger partial charge in [-0.3, -0.25) is 42.5 Å². The van der Waals surface area contributed by atoms with Crippen LogP contribution in [0.1, 0.15) is 103 Å². The van der Waals surface area contributed by atoms with Crippen molar-refractivity contribution in [3.05, 3.63) is 0 Å². The quantitative estimate of drug-likeness (QED) is 0.182. The van der Waals surface area contributed by atoms with Gasteiger partial charge in [0.1, 0.15) is 0 Å². The number of nitrogens with two attached hydrogens (primary N) is 1. The monoisotopic (exact) mass is 643 g/mol. The van der Waals surface area contributed by atoms with Crippen LogP contribution in [0.25, 0.3) is 0 Å². The molecule has 9 rings (SSSR count). The van der Waals surface area contributed by atoms with E-state index in [-0.39, 0.29) is 0 Å². The van der Waals surface area contributed by atoms with Crippen molar-refractivity contribution >= 4 is 26.5 Å². The minimum atomic E-state index is -0.514. The fraction of sp³-hybridized carbons (Fsp3) is 1.00. The fourth-order valence-electron chi connectivity index (χ4n) is 12.0. The molecule has 5 aliphatic heterocycles. The number of hydrogen-bond acceptors (Lipinski definition) is 10. The van der Waals surface area contributed by atoms with Gasteiger partial charge in [-0.2, -0.15) is 0 Å². The molecular weight excluding hydrogens is 581 g/mol. The first-order chi connectivity index (χ1) is 21.7. The molecule has 4 aliphatic carbocycles. The Labute approximate surface area is 276 Å². The molecule has 0 aromatic heterocycles. The van der Waals surface area contributed by atoms with E-state index >= 15 is 0 Å². The topological polar surface area (TPSA) is 131 Å². The van der Waals surface area contributed by atoms with Crippen LogP contribution in [0.4, 0.5) is 0 Å². The molecule has 5 saturated heterocycles. The molecule has 8 unspecified atom stereocenters. The van der Waals surface area contributed by atoms with Crippen molar-refractivity contribution in [3.63, 3.8) is 0 Å². The third-order valence-corrected chi connectivity index (χ3v) is 15.3. The number of rotatable bonds is 1.